The number of aliphatic hydroxyl groups is 1. The number of Topliss-reactive ketones (excluding diaryl/α,β-unsaturated/α-hetero) is 1. The normalized spacial score (nSPS) is 17.9. The van der Waals surface area contributed by atoms with E-state index >= 15 is 0 Å². The number of aromatic hydroxyl groups is 1. The van der Waals surface area contributed by atoms with Crippen LogP contribution >= 0.6 is 0 Å². The molecule has 0 amide bonds. The Kier molecular flexibility index (Phi) is 7.57. The Labute approximate surface area is 205 Å². The number of phenols is 1. The van der Waals surface area contributed by atoms with Crippen LogP contribution in [-0.4, -0.2) is 55.0 Å². The van der Waals surface area contributed by atoms with E-state index in [9.17, 15) is 15.0 Å². The summed E-state index contributed by atoms with van der Waals surface area (Å²) in [6.45, 7) is 0.895. The molecule has 8 heteroatoms. The van der Waals surface area contributed by atoms with E-state index in [0.29, 0.717) is 41.0 Å². The molecular weight excluding hydrogens is 525 g/mol. The highest BCUT2D eigenvalue weighted by Crippen LogP contribution is 2.47. The largest absolute Gasteiger partial charge is 1.00 e. The van der Waals surface area contributed by atoms with Crippen molar-refractivity contribution in [2.75, 3.05) is 34.5 Å². The summed E-state index contributed by atoms with van der Waals surface area (Å²) < 4.78 is 17.0. The number of fused-ring (bicyclic) bond motifs is 2. The number of hydrogen-bond donors (Lipinski definition) is 2. The number of ether oxygens (including phenoxy) is 3. The second-order valence-electron chi connectivity index (χ2n) is 8.83. The molecule has 174 valence electrons. The minimum Gasteiger partial charge on any atom is -1.00 e. The van der Waals surface area contributed by atoms with E-state index in [2.05, 4.69) is 14.1 Å². The molecule has 0 aromatic heterocycles. The zero-order chi connectivity index (χ0) is 22.2. The predicted octanol–water partition coefficient (Wildman–Crippen LogP) is -0.109. The molecule has 7 nitrogen and oxygen atoms in total. The number of methoxy groups -OCH3 is 1. The molecule has 1 unspecified atom stereocenters. The predicted molar refractivity (Wildman–Crippen MR) is 115 cm³/mol. The van der Waals surface area contributed by atoms with Gasteiger partial charge in [-0.15, -0.1) is 0 Å². The Balaban J connectivity index is 0.00000289. The monoisotopic (exact) mass is 555 g/mol. The molecular formula is C24H30INO6. The number of halogens is 1. The van der Waals surface area contributed by atoms with E-state index < -0.39 is 0 Å². The number of likely N-dealkylation sites (N-methyl/N-ethyl adjacent to an activating group) is 1. The first-order valence-corrected chi connectivity index (χ1v) is 10.6. The molecule has 32 heavy (non-hydrogen) atoms. The highest BCUT2D eigenvalue weighted by molar-refractivity contribution is 5.79. The molecule has 2 aromatic rings. The summed E-state index contributed by atoms with van der Waals surface area (Å²) in [6.07, 6.45) is 2.03. The summed E-state index contributed by atoms with van der Waals surface area (Å²) in [5.41, 5.74) is 3.60. The number of nitrogens with zero attached hydrogens (tertiary/aromatic N) is 1. The van der Waals surface area contributed by atoms with Crippen LogP contribution in [0.4, 0.5) is 0 Å². The van der Waals surface area contributed by atoms with Gasteiger partial charge < -0.3 is 52.9 Å². The van der Waals surface area contributed by atoms with Crippen molar-refractivity contribution in [2.24, 2.45) is 0 Å². The van der Waals surface area contributed by atoms with Crippen LogP contribution in [0.3, 0.4) is 0 Å². The fraction of sp³-hybridized carbons (Fsp3) is 0.458. The molecule has 0 aliphatic carbocycles. The highest BCUT2D eigenvalue weighted by atomic mass is 127. The van der Waals surface area contributed by atoms with Crippen LogP contribution in [-0.2, 0) is 24.2 Å². The number of carbonyl (C=O) groups is 1. The van der Waals surface area contributed by atoms with Gasteiger partial charge in [0.1, 0.15) is 23.3 Å². The summed E-state index contributed by atoms with van der Waals surface area (Å²) in [5.74, 6) is 2.13. The van der Waals surface area contributed by atoms with E-state index in [-0.39, 0.29) is 55.0 Å². The fourth-order valence-corrected chi connectivity index (χ4v) is 4.70. The summed E-state index contributed by atoms with van der Waals surface area (Å²) in [5, 5.41) is 20.3. The number of hydrogen-bond acceptors (Lipinski definition) is 6. The summed E-state index contributed by atoms with van der Waals surface area (Å²) >= 11 is 0. The summed E-state index contributed by atoms with van der Waals surface area (Å²) in [6, 6.07) is 7.07. The van der Waals surface area contributed by atoms with Crippen LogP contribution in [0.5, 0.6) is 23.0 Å². The van der Waals surface area contributed by atoms with Crippen molar-refractivity contribution < 1.29 is 57.7 Å². The number of aryl methyl sites for hydroxylation is 1. The molecule has 0 saturated carbocycles. The van der Waals surface area contributed by atoms with E-state index in [1.807, 2.05) is 6.07 Å². The third-order valence-corrected chi connectivity index (χ3v) is 6.57. The number of aliphatic hydroxyl groups excluding tert-OH is 1. The lowest BCUT2D eigenvalue weighted by Gasteiger charge is -2.43. The zero-order valence-electron chi connectivity index (χ0n) is 18.7. The van der Waals surface area contributed by atoms with Crippen LogP contribution in [0.1, 0.15) is 41.1 Å². The first kappa shape index (κ1) is 24.6. The molecule has 2 aromatic carbocycles. The minimum atomic E-state index is -0.153. The average Bonchev–Trinajstić information content (AvgIpc) is 3.21. The van der Waals surface area contributed by atoms with Gasteiger partial charge in [-0.3, -0.25) is 4.79 Å². The third-order valence-electron chi connectivity index (χ3n) is 6.57. The van der Waals surface area contributed by atoms with Gasteiger partial charge in [0.15, 0.2) is 11.5 Å². The van der Waals surface area contributed by atoms with Crippen molar-refractivity contribution in [3.05, 3.63) is 46.5 Å². The van der Waals surface area contributed by atoms with Crippen molar-refractivity contribution in [1.29, 1.82) is 0 Å². The Morgan fingerprint density at radius 1 is 1.25 bits per heavy atom. The lowest BCUT2D eigenvalue weighted by molar-refractivity contribution is -0.922. The summed E-state index contributed by atoms with van der Waals surface area (Å²) in [7, 11) is 5.80. The van der Waals surface area contributed by atoms with Crippen LogP contribution < -0.4 is 38.2 Å². The number of rotatable bonds is 7. The number of carbonyl (C=O) groups excluding carboxylic acids is 1. The maximum Gasteiger partial charge on any atom is 0.231 e. The SMILES string of the molecule is COc1ccc(CCC(=O)CC2c3c(cc4c(c3CO)OCO4)CC[N+]2(C)C)c(O)c1.[I-]. The molecule has 0 bridgehead atoms. The number of phenolic OH excluding ortho intramolecular Hbond substituents is 1. The average molecular weight is 555 g/mol. The van der Waals surface area contributed by atoms with Gasteiger partial charge in [0.05, 0.1) is 40.8 Å². The van der Waals surface area contributed by atoms with Gasteiger partial charge in [0.2, 0.25) is 6.79 Å². The molecule has 1 atom stereocenters. The van der Waals surface area contributed by atoms with E-state index in [4.69, 9.17) is 14.2 Å². The minimum absolute atomic E-state index is 0. The van der Waals surface area contributed by atoms with Crippen molar-refractivity contribution in [3.8, 4) is 23.0 Å². The third kappa shape index (κ3) is 4.67. The molecule has 0 spiro atoms. The molecule has 0 radical (unpaired) electrons. The fourth-order valence-electron chi connectivity index (χ4n) is 4.70. The van der Waals surface area contributed by atoms with Gasteiger partial charge in [-0.2, -0.15) is 0 Å². The van der Waals surface area contributed by atoms with Crippen molar-refractivity contribution >= 4 is 5.78 Å². The van der Waals surface area contributed by atoms with Crippen molar-refractivity contribution in [2.45, 2.75) is 38.3 Å². The zero-order valence-corrected chi connectivity index (χ0v) is 20.8. The van der Waals surface area contributed by atoms with Gasteiger partial charge >= 0.3 is 0 Å². The Hall–Kier alpha value is -2.04. The first-order valence-electron chi connectivity index (χ1n) is 10.6. The molecule has 2 heterocycles. The van der Waals surface area contributed by atoms with Crippen LogP contribution in [0, 0.1) is 0 Å². The van der Waals surface area contributed by atoms with Crippen molar-refractivity contribution in [1.82, 2.24) is 0 Å². The lowest BCUT2D eigenvalue weighted by atomic mass is 9.83. The van der Waals surface area contributed by atoms with Crippen molar-refractivity contribution in [3.63, 3.8) is 0 Å². The number of ketones is 1. The van der Waals surface area contributed by atoms with Crippen LogP contribution in [0.25, 0.3) is 0 Å². The maximum atomic E-state index is 13.0. The molecule has 2 aliphatic rings. The maximum absolute atomic E-state index is 13.0. The first-order chi connectivity index (χ1) is 14.8. The molecule has 2 aliphatic heterocycles. The molecule has 4 rings (SSSR count). The second-order valence-corrected chi connectivity index (χ2v) is 8.83. The van der Waals surface area contributed by atoms with Gasteiger partial charge in [0.25, 0.3) is 0 Å². The molecule has 0 saturated heterocycles. The highest BCUT2D eigenvalue weighted by Gasteiger charge is 2.41. The Morgan fingerprint density at radius 3 is 2.72 bits per heavy atom. The van der Waals surface area contributed by atoms with Gasteiger partial charge in [0, 0.05) is 30.0 Å². The second kappa shape index (κ2) is 9.84. The van der Waals surface area contributed by atoms with Gasteiger partial charge in [-0.05, 0) is 29.7 Å². The molecule has 2 N–H and O–H groups in total. The standard InChI is InChI=1S/C24H29NO6.HI/c1-25(2)9-8-16-10-22-24(31-14-30-22)19(13-26)23(16)20(25)11-17(27)6-4-15-5-7-18(29-3)12-21(15)28;/h5,7,10,12,20,26H,4,6,8-9,11,13-14H2,1-3H3;1H. The van der Waals surface area contributed by atoms with Crippen LogP contribution in [0.2, 0.25) is 0 Å². The lowest BCUT2D eigenvalue weighted by Crippen LogP contribution is -3.00. The van der Waals surface area contributed by atoms with E-state index in [1.165, 1.54) is 0 Å². The van der Waals surface area contributed by atoms with Gasteiger partial charge in [-0.25, -0.2) is 0 Å². The smallest absolute Gasteiger partial charge is 0.231 e. The summed E-state index contributed by atoms with van der Waals surface area (Å²) in [4.78, 5) is 13.0. The quantitative estimate of drug-likeness (QED) is 0.367. The Bertz CT molecular complexity index is 1010. The topological polar surface area (TPSA) is 85.2 Å². The van der Waals surface area contributed by atoms with Crippen LogP contribution in [0.15, 0.2) is 24.3 Å². The van der Waals surface area contributed by atoms with Gasteiger partial charge in [-0.1, -0.05) is 6.07 Å². The number of quaternary nitrogens is 1. The Morgan fingerprint density at radius 2 is 2.03 bits per heavy atom. The number of benzene rings is 2. The van der Waals surface area contributed by atoms with E-state index in [1.54, 1.807) is 25.3 Å². The molecule has 0 fully saturated rings. The van der Waals surface area contributed by atoms with E-state index in [0.717, 1.165) is 35.2 Å².